The van der Waals surface area contributed by atoms with E-state index in [0.717, 1.165) is 6.42 Å². The van der Waals surface area contributed by atoms with Crippen LogP contribution in [-0.4, -0.2) is 4.98 Å². The largest absolute Gasteiger partial charge is 0.258 e. The van der Waals surface area contributed by atoms with Gasteiger partial charge in [-0.25, -0.2) is 0 Å². The second-order valence-electron chi connectivity index (χ2n) is 4.22. The summed E-state index contributed by atoms with van der Waals surface area (Å²) in [5, 5.41) is 0. The van der Waals surface area contributed by atoms with Gasteiger partial charge in [0.05, 0.1) is 0 Å². The molecule has 14 heavy (non-hydrogen) atoms. The molecule has 0 bridgehead atoms. The Balaban J connectivity index is 2.12. The molecule has 0 saturated heterocycles. The van der Waals surface area contributed by atoms with Crippen molar-refractivity contribution >= 4 is 0 Å². The van der Waals surface area contributed by atoms with Crippen molar-refractivity contribution in [3.63, 3.8) is 0 Å². The maximum atomic E-state index is 4.75. The van der Waals surface area contributed by atoms with E-state index in [1.165, 1.54) is 55.5 Å². The van der Waals surface area contributed by atoms with Gasteiger partial charge in [0.15, 0.2) is 0 Å². The summed E-state index contributed by atoms with van der Waals surface area (Å²) in [7, 11) is 0. The van der Waals surface area contributed by atoms with Gasteiger partial charge in [-0.1, -0.05) is 19.4 Å². The highest BCUT2D eigenvalue weighted by Crippen LogP contribution is 2.19. The van der Waals surface area contributed by atoms with E-state index in [0.29, 0.717) is 0 Å². The lowest BCUT2D eigenvalue weighted by molar-refractivity contribution is 0.659. The minimum atomic E-state index is 1.16. The van der Waals surface area contributed by atoms with Crippen LogP contribution in [0.1, 0.15) is 49.6 Å². The molecule has 0 unspecified atom stereocenters. The quantitative estimate of drug-likeness (QED) is 0.711. The molecule has 0 N–H and O–H groups in total. The molecule has 1 heterocycles. The number of hydrogen-bond acceptors (Lipinski definition) is 1. The van der Waals surface area contributed by atoms with E-state index in [1.807, 2.05) is 0 Å². The average Bonchev–Trinajstić information content (AvgIpc) is 2.26. The molecule has 76 valence electrons. The molecule has 0 spiro atoms. The van der Waals surface area contributed by atoms with Gasteiger partial charge in [0, 0.05) is 11.4 Å². The normalized spacial score (nSPS) is 15.2. The van der Waals surface area contributed by atoms with Crippen molar-refractivity contribution in [1.29, 1.82) is 0 Å². The average molecular weight is 189 g/mol. The number of hydrogen-bond donors (Lipinski definition) is 0. The monoisotopic (exact) mass is 189 g/mol. The van der Waals surface area contributed by atoms with Gasteiger partial charge in [-0.05, 0) is 50.2 Å². The second-order valence-corrected chi connectivity index (χ2v) is 4.22. The van der Waals surface area contributed by atoms with Crippen LogP contribution in [0.3, 0.4) is 0 Å². The van der Waals surface area contributed by atoms with Gasteiger partial charge < -0.3 is 0 Å². The minimum absolute atomic E-state index is 1.16. The molecule has 0 amide bonds. The van der Waals surface area contributed by atoms with E-state index < -0.39 is 0 Å². The lowest BCUT2D eigenvalue weighted by atomic mass is 9.95. The standard InChI is InChI=1S/C13H19N/c1-2-3-7-12-10-9-11-6-4-5-8-13(11)14-12/h9-10H,2-8H2,1H3. The Hall–Kier alpha value is -0.850. The second kappa shape index (κ2) is 4.59. The molecule has 1 aromatic heterocycles. The van der Waals surface area contributed by atoms with Crippen LogP contribution in [0.15, 0.2) is 12.1 Å². The first-order chi connectivity index (χ1) is 6.90. The van der Waals surface area contributed by atoms with Gasteiger partial charge in [-0.15, -0.1) is 0 Å². The molecular formula is C13H19N. The van der Waals surface area contributed by atoms with Crippen LogP contribution >= 0.6 is 0 Å². The molecule has 2 rings (SSSR count). The van der Waals surface area contributed by atoms with Crippen LogP contribution in [0.25, 0.3) is 0 Å². The first kappa shape index (κ1) is 9.70. The predicted octanol–water partition coefficient (Wildman–Crippen LogP) is 3.30. The molecule has 0 saturated carbocycles. The van der Waals surface area contributed by atoms with E-state index >= 15 is 0 Å². The number of nitrogens with zero attached hydrogens (tertiary/aromatic N) is 1. The van der Waals surface area contributed by atoms with Crippen molar-refractivity contribution < 1.29 is 0 Å². The molecule has 1 nitrogen and oxygen atoms in total. The summed E-state index contributed by atoms with van der Waals surface area (Å²) in [6.07, 6.45) is 8.82. The zero-order valence-corrected chi connectivity index (χ0v) is 9.05. The molecule has 0 atom stereocenters. The number of unbranched alkanes of at least 4 members (excludes halogenated alkanes) is 1. The lowest BCUT2D eigenvalue weighted by Gasteiger charge is -2.15. The highest BCUT2D eigenvalue weighted by molar-refractivity contribution is 5.25. The smallest absolute Gasteiger partial charge is 0.0438 e. The highest BCUT2D eigenvalue weighted by atomic mass is 14.7. The van der Waals surface area contributed by atoms with Crippen molar-refractivity contribution in [3.05, 3.63) is 29.1 Å². The molecule has 0 aromatic carbocycles. The summed E-state index contributed by atoms with van der Waals surface area (Å²) in [5.41, 5.74) is 4.17. The van der Waals surface area contributed by atoms with Gasteiger partial charge >= 0.3 is 0 Å². The Kier molecular flexibility index (Phi) is 3.18. The summed E-state index contributed by atoms with van der Waals surface area (Å²) in [5.74, 6) is 0. The Labute approximate surface area is 86.6 Å². The maximum Gasteiger partial charge on any atom is 0.0438 e. The van der Waals surface area contributed by atoms with E-state index in [2.05, 4.69) is 19.1 Å². The van der Waals surface area contributed by atoms with Crippen molar-refractivity contribution in [2.75, 3.05) is 0 Å². The number of fused-ring (bicyclic) bond motifs is 1. The Morgan fingerprint density at radius 2 is 2.07 bits per heavy atom. The molecule has 1 heteroatoms. The van der Waals surface area contributed by atoms with E-state index in [9.17, 15) is 0 Å². The van der Waals surface area contributed by atoms with Crippen LogP contribution in [0.4, 0.5) is 0 Å². The zero-order valence-electron chi connectivity index (χ0n) is 9.05. The molecule has 0 radical (unpaired) electrons. The number of rotatable bonds is 3. The Morgan fingerprint density at radius 3 is 2.93 bits per heavy atom. The Bertz CT molecular complexity index is 304. The van der Waals surface area contributed by atoms with Crippen molar-refractivity contribution in [1.82, 2.24) is 4.98 Å². The summed E-state index contributed by atoms with van der Waals surface area (Å²) in [4.78, 5) is 4.75. The van der Waals surface area contributed by atoms with Crippen LogP contribution in [0.2, 0.25) is 0 Å². The highest BCUT2D eigenvalue weighted by Gasteiger charge is 2.10. The molecule has 1 aromatic rings. The van der Waals surface area contributed by atoms with E-state index in [1.54, 1.807) is 0 Å². The molecular weight excluding hydrogens is 170 g/mol. The van der Waals surface area contributed by atoms with Crippen molar-refractivity contribution in [2.45, 2.75) is 51.9 Å². The molecule has 0 fully saturated rings. The summed E-state index contributed by atoms with van der Waals surface area (Å²) < 4.78 is 0. The van der Waals surface area contributed by atoms with Gasteiger partial charge in [-0.3, -0.25) is 4.98 Å². The number of aromatic nitrogens is 1. The summed E-state index contributed by atoms with van der Waals surface area (Å²) in [6.45, 7) is 2.23. The van der Waals surface area contributed by atoms with Gasteiger partial charge in [0.2, 0.25) is 0 Å². The van der Waals surface area contributed by atoms with Crippen LogP contribution in [-0.2, 0) is 19.3 Å². The fraction of sp³-hybridized carbons (Fsp3) is 0.615. The van der Waals surface area contributed by atoms with Gasteiger partial charge in [0.1, 0.15) is 0 Å². The molecule has 1 aliphatic carbocycles. The van der Waals surface area contributed by atoms with Crippen LogP contribution in [0, 0.1) is 0 Å². The first-order valence-corrected chi connectivity index (χ1v) is 5.88. The lowest BCUT2D eigenvalue weighted by Crippen LogP contribution is -2.06. The zero-order chi connectivity index (χ0) is 9.80. The van der Waals surface area contributed by atoms with Crippen molar-refractivity contribution in [2.24, 2.45) is 0 Å². The topological polar surface area (TPSA) is 12.9 Å². The minimum Gasteiger partial charge on any atom is -0.258 e. The maximum absolute atomic E-state index is 4.75. The fourth-order valence-electron chi connectivity index (χ4n) is 2.12. The number of aryl methyl sites for hydroxylation is 3. The van der Waals surface area contributed by atoms with E-state index in [4.69, 9.17) is 4.98 Å². The third kappa shape index (κ3) is 2.14. The SMILES string of the molecule is CCCCc1ccc2c(n1)CCCC2. The van der Waals surface area contributed by atoms with Crippen molar-refractivity contribution in [3.8, 4) is 0 Å². The predicted molar refractivity (Wildman–Crippen MR) is 59.5 cm³/mol. The fourth-order valence-corrected chi connectivity index (χ4v) is 2.12. The Morgan fingerprint density at radius 1 is 1.21 bits per heavy atom. The summed E-state index contributed by atoms with van der Waals surface area (Å²) in [6, 6.07) is 4.52. The summed E-state index contributed by atoms with van der Waals surface area (Å²) >= 11 is 0. The third-order valence-corrected chi connectivity index (χ3v) is 3.02. The molecule has 1 aliphatic rings. The third-order valence-electron chi connectivity index (χ3n) is 3.02. The molecule has 0 aliphatic heterocycles. The van der Waals surface area contributed by atoms with Crippen LogP contribution in [0.5, 0.6) is 0 Å². The van der Waals surface area contributed by atoms with Crippen LogP contribution < -0.4 is 0 Å². The number of pyridine rings is 1. The van der Waals surface area contributed by atoms with Gasteiger partial charge in [0.25, 0.3) is 0 Å². The van der Waals surface area contributed by atoms with Gasteiger partial charge in [-0.2, -0.15) is 0 Å². The first-order valence-electron chi connectivity index (χ1n) is 5.88. The van der Waals surface area contributed by atoms with E-state index in [-0.39, 0.29) is 0 Å².